The van der Waals surface area contributed by atoms with Gasteiger partial charge in [-0.15, -0.1) is 0 Å². The minimum atomic E-state index is 0.822. The maximum atomic E-state index is 3.67. The van der Waals surface area contributed by atoms with Crippen LogP contribution in [0.4, 0.5) is 0 Å². The third-order valence-electron chi connectivity index (χ3n) is 3.60. The fraction of sp³-hybridized carbons (Fsp3) is 1.00. The van der Waals surface area contributed by atoms with E-state index in [1.54, 1.807) is 0 Å². The van der Waals surface area contributed by atoms with Crippen molar-refractivity contribution >= 4 is 0 Å². The molecule has 0 aromatic heterocycles. The molecule has 1 N–H and O–H groups in total. The molecule has 2 fully saturated rings. The van der Waals surface area contributed by atoms with E-state index in [0.29, 0.717) is 0 Å². The summed E-state index contributed by atoms with van der Waals surface area (Å²) in [7, 11) is 0. The fourth-order valence-electron chi connectivity index (χ4n) is 3.00. The van der Waals surface area contributed by atoms with Gasteiger partial charge in [-0.05, 0) is 44.2 Å². The molecule has 0 spiro atoms. The van der Waals surface area contributed by atoms with Gasteiger partial charge >= 0.3 is 0 Å². The average Bonchev–Trinajstić information content (AvgIpc) is 2.17. The van der Waals surface area contributed by atoms with Crippen molar-refractivity contribution < 1.29 is 0 Å². The molecule has 0 aromatic rings. The second-order valence-corrected chi connectivity index (χ2v) is 5.41. The molecule has 2 atom stereocenters. The van der Waals surface area contributed by atoms with E-state index in [9.17, 15) is 0 Å². The van der Waals surface area contributed by atoms with E-state index in [4.69, 9.17) is 0 Å². The van der Waals surface area contributed by atoms with Crippen LogP contribution >= 0.6 is 0 Å². The number of fused-ring (bicyclic) bond motifs is 1. The topological polar surface area (TPSA) is 15.3 Å². The standard InChI is InChI=1S/C12H24N2/c1-10(2)8-14-7-5-12-11(9-14)4-3-6-13-12/h10-13H,3-9H2,1-2H3/t11-,12+/m0/s1. The summed E-state index contributed by atoms with van der Waals surface area (Å²) in [6.07, 6.45) is 4.21. The lowest BCUT2D eigenvalue weighted by atomic mass is 9.85. The number of hydrogen-bond acceptors (Lipinski definition) is 2. The highest BCUT2D eigenvalue weighted by atomic mass is 15.2. The van der Waals surface area contributed by atoms with E-state index < -0.39 is 0 Å². The minimum absolute atomic E-state index is 0.822. The van der Waals surface area contributed by atoms with Gasteiger partial charge in [0.25, 0.3) is 0 Å². The molecule has 2 saturated heterocycles. The first-order valence-electron chi connectivity index (χ1n) is 6.21. The summed E-state index contributed by atoms with van der Waals surface area (Å²) >= 11 is 0. The smallest absolute Gasteiger partial charge is 0.0120 e. The summed E-state index contributed by atoms with van der Waals surface area (Å²) < 4.78 is 0. The Kier molecular flexibility index (Phi) is 3.45. The van der Waals surface area contributed by atoms with Crippen LogP contribution in [-0.4, -0.2) is 37.1 Å². The predicted octanol–water partition coefficient (Wildman–Crippen LogP) is 1.72. The van der Waals surface area contributed by atoms with Crippen molar-refractivity contribution in [1.82, 2.24) is 10.2 Å². The van der Waals surface area contributed by atoms with Gasteiger partial charge in [-0.25, -0.2) is 0 Å². The molecular formula is C12H24N2. The number of hydrogen-bond donors (Lipinski definition) is 1. The van der Waals surface area contributed by atoms with Crippen LogP contribution in [0.2, 0.25) is 0 Å². The summed E-state index contributed by atoms with van der Waals surface area (Å²) in [6.45, 7) is 9.85. The second-order valence-electron chi connectivity index (χ2n) is 5.41. The van der Waals surface area contributed by atoms with E-state index in [-0.39, 0.29) is 0 Å². The van der Waals surface area contributed by atoms with Gasteiger partial charge in [-0.1, -0.05) is 13.8 Å². The third-order valence-corrected chi connectivity index (χ3v) is 3.60. The number of piperidine rings is 2. The molecule has 2 heteroatoms. The average molecular weight is 196 g/mol. The predicted molar refractivity (Wildman–Crippen MR) is 60.4 cm³/mol. The molecule has 0 radical (unpaired) electrons. The first-order valence-corrected chi connectivity index (χ1v) is 6.21. The molecule has 14 heavy (non-hydrogen) atoms. The highest BCUT2D eigenvalue weighted by Gasteiger charge is 2.30. The molecule has 2 aliphatic heterocycles. The monoisotopic (exact) mass is 196 g/mol. The lowest BCUT2D eigenvalue weighted by Crippen LogP contribution is -2.52. The molecule has 0 aliphatic carbocycles. The summed E-state index contributed by atoms with van der Waals surface area (Å²) in [6, 6.07) is 0.840. The summed E-state index contributed by atoms with van der Waals surface area (Å²) in [5.41, 5.74) is 0. The molecule has 0 saturated carbocycles. The van der Waals surface area contributed by atoms with Crippen molar-refractivity contribution in [2.45, 2.75) is 39.2 Å². The van der Waals surface area contributed by atoms with Crippen LogP contribution in [0.5, 0.6) is 0 Å². The first kappa shape index (κ1) is 10.4. The Hall–Kier alpha value is -0.0800. The summed E-state index contributed by atoms with van der Waals surface area (Å²) in [5.74, 6) is 1.76. The van der Waals surface area contributed by atoms with Crippen LogP contribution in [0, 0.1) is 11.8 Å². The lowest BCUT2D eigenvalue weighted by Gasteiger charge is -2.42. The Bertz CT molecular complexity index is 179. The highest BCUT2D eigenvalue weighted by molar-refractivity contribution is 4.88. The molecule has 82 valence electrons. The van der Waals surface area contributed by atoms with Crippen molar-refractivity contribution in [2.75, 3.05) is 26.2 Å². The number of rotatable bonds is 2. The van der Waals surface area contributed by atoms with E-state index >= 15 is 0 Å². The Morgan fingerprint density at radius 1 is 1.36 bits per heavy atom. The van der Waals surface area contributed by atoms with Crippen LogP contribution in [0.3, 0.4) is 0 Å². The van der Waals surface area contributed by atoms with Crippen LogP contribution in [0.1, 0.15) is 33.1 Å². The van der Waals surface area contributed by atoms with Gasteiger partial charge in [-0.3, -0.25) is 0 Å². The van der Waals surface area contributed by atoms with Crippen molar-refractivity contribution in [1.29, 1.82) is 0 Å². The molecule has 2 rings (SSSR count). The van der Waals surface area contributed by atoms with Crippen LogP contribution < -0.4 is 5.32 Å². The van der Waals surface area contributed by atoms with Gasteiger partial charge in [0.1, 0.15) is 0 Å². The molecule has 2 nitrogen and oxygen atoms in total. The zero-order chi connectivity index (χ0) is 9.97. The van der Waals surface area contributed by atoms with Crippen LogP contribution in [-0.2, 0) is 0 Å². The summed E-state index contributed by atoms with van der Waals surface area (Å²) in [4.78, 5) is 2.67. The molecule has 2 heterocycles. The number of nitrogens with zero attached hydrogens (tertiary/aromatic N) is 1. The van der Waals surface area contributed by atoms with E-state index in [1.807, 2.05) is 0 Å². The largest absolute Gasteiger partial charge is 0.314 e. The number of nitrogens with one attached hydrogen (secondary N) is 1. The van der Waals surface area contributed by atoms with Gasteiger partial charge in [0, 0.05) is 19.1 Å². The number of likely N-dealkylation sites (tertiary alicyclic amines) is 1. The van der Waals surface area contributed by atoms with Gasteiger partial charge in [0.15, 0.2) is 0 Å². The highest BCUT2D eigenvalue weighted by Crippen LogP contribution is 2.25. The molecule has 2 aliphatic rings. The van der Waals surface area contributed by atoms with Crippen LogP contribution in [0.25, 0.3) is 0 Å². The zero-order valence-corrected chi connectivity index (χ0v) is 9.63. The lowest BCUT2D eigenvalue weighted by molar-refractivity contribution is 0.105. The van der Waals surface area contributed by atoms with Gasteiger partial charge < -0.3 is 10.2 Å². The SMILES string of the molecule is CC(C)CN1CC[C@H]2NCCC[C@H]2C1. The Morgan fingerprint density at radius 3 is 3.00 bits per heavy atom. The van der Waals surface area contributed by atoms with Crippen LogP contribution in [0.15, 0.2) is 0 Å². The van der Waals surface area contributed by atoms with Crippen molar-refractivity contribution in [3.05, 3.63) is 0 Å². The van der Waals surface area contributed by atoms with Crippen molar-refractivity contribution in [3.8, 4) is 0 Å². The molecule has 0 bridgehead atoms. The van der Waals surface area contributed by atoms with Gasteiger partial charge in [-0.2, -0.15) is 0 Å². The maximum Gasteiger partial charge on any atom is 0.0120 e. The summed E-state index contributed by atoms with van der Waals surface area (Å²) in [5, 5.41) is 3.67. The van der Waals surface area contributed by atoms with E-state index in [1.165, 1.54) is 45.4 Å². The van der Waals surface area contributed by atoms with Crippen molar-refractivity contribution in [2.24, 2.45) is 11.8 Å². The van der Waals surface area contributed by atoms with Crippen molar-refractivity contribution in [3.63, 3.8) is 0 Å². The van der Waals surface area contributed by atoms with Gasteiger partial charge in [0.2, 0.25) is 0 Å². The third kappa shape index (κ3) is 2.48. The normalized spacial score (nSPS) is 34.5. The second kappa shape index (κ2) is 4.63. The molecular weight excluding hydrogens is 172 g/mol. The fourth-order valence-corrected chi connectivity index (χ4v) is 3.00. The zero-order valence-electron chi connectivity index (χ0n) is 9.63. The maximum absolute atomic E-state index is 3.67. The Balaban J connectivity index is 1.83. The molecule has 0 unspecified atom stereocenters. The van der Waals surface area contributed by atoms with E-state index in [0.717, 1.165) is 17.9 Å². The van der Waals surface area contributed by atoms with E-state index in [2.05, 4.69) is 24.1 Å². The Labute approximate surface area is 88.1 Å². The van der Waals surface area contributed by atoms with Gasteiger partial charge in [0.05, 0.1) is 0 Å². The molecule has 0 aromatic carbocycles. The Morgan fingerprint density at radius 2 is 2.21 bits per heavy atom. The quantitative estimate of drug-likeness (QED) is 0.723. The molecule has 0 amide bonds. The minimum Gasteiger partial charge on any atom is -0.314 e. The first-order chi connectivity index (χ1) is 6.75.